The highest BCUT2D eigenvalue weighted by atomic mass is 15.1. The van der Waals surface area contributed by atoms with E-state index >= 15 is 0 Å². The van der Waals surface area contributed by atoms with E-state index < -0.39 is 0 Å². The standard InChI is InChI=1S/C22H17N7/c1-28-13-25-18-5-4-17(9-20(18)28)26-21-22-24-6-7-29(22)12-19(27-21)14-2-3-15-10-23-11-16(15)8-14/h2-10,12-13H,11H2,1H3,(H,26,27). The summed E-state index contributed by atoms with van der Waals surface area (Å²) in [7, 11) is 1.99. The number of aryl methyl sites for hydroxylation is 1. The molecule has 6 rings (SSSR count). The number of nitrogens with one attached hydrogen (secondary N) is 1. The van der Waals surface area contributed by atoms with Crippen LogP contribution in [0.3, 0.4) is 0 Å². The van der Waals surface area contributed by atoms with E-state index in [1.165, 1.54) is 11.1 Å². The number of aliphatic imine (C=N–C) groups is 1. The summed E-state index contributed by atoms with van der Waals surface area (Å²) in [6, 6.07) is 12.4. The molecule has 0 amide bonds. The zero-order chi connectivity index (χ0) is 19.4. The number of nitrogens with zero attached hydrogens (tertiary/aromatic N) is 6. The molecule has 1 N–H and O–H groups in total. The maximum atomic E-state index is 4.90. The number of hydrogen-bond acceptors (Lipinski definition) is 5. The number of benzene rings is 2. The smallest absolute Gasteiger partial charge is 0.180 e. The molecule has 0 aliphatic carbocycles. The van der Waals surface area contributed by atoms with Gasteiger partial charge < -0.3 is 14.3 Å². The number of imidazole rings is 2. The molecule has 1 aliphatic heterocycles. The highest BCUT2D eigenvalue weighted by Gasteiger charge is 2.13. The van der Waals surface area contributed by atoms with Crippen molar-refractivity contribution in [3.8, 4) is 11.3 Å². The third-order valence-electron chi connectivity index (χ3n) is 5.29. The van der Waals surface area contributed by atoms with Crippen molar-refractivity contribution in [2.75, 3.05) is 5.32 Å². The summed E-state index contributed by atoms with van der Waals surface area (Å²) >= 11 is 0. The lowest BCUT2D eigenvalue weighted by molar-refractivity contribution is 0.948. The molecule has 7 heteroatoms. The van der Waals surface area contributed by atoms with E-state index in [2.05, 4.69) is 44.5 Å². The first-order chi connectivity index (χ1) is 14.2. The van der Waals surface area contributed by atoms with Gasteiger partial charge in [0.1, 0.15) is 0 Å². The highest BCUT2D eigenvalue weighted by molar-refractivity contribution is 5.86. The highest BCUT2D eigenvalue weighted by Crippen LogP contribution is 2.28. The molecule has 0 fully saturated rings. The summed E-state index contributed by atoms with van der Waals surface area (Å²) in [5.74, 6) is 0.714. The van der Waals surface area contributed by atoms with Gasteiger partial charge in [0.15, 0.2) is 11.5 Å². The van der Waals surface area contributed by atoms with Gasteiger partial charge in [0, 0.05) is 43.1 Å². The van der Waals surface area contributed by atoms with E-state index in [-0.39, 0.29) is 0 Å². The van der Waals surface area contributed by atoms with Crippen molar-refractivity contribution in [1.82, 2.24) is 23.9 Å². The van der Waals surface area contributed by atoms with Gasteiger partial charge in [-0.2, -0.15) is 0 Å². The summed E-state index contributed by atoms with van der Waals surface area (Å²) in [6.45, 7) is 0.728. The molecule has 5 aromatic rings. The Labute approximate surface area is 166 Å². The molecule has 4 heterocycles. The quantitative estimate of drug-likeness (QED) is 0.515. The van der Waals surface area contributed by atoms with Crippen molar-refractivity contribution in [3.63, 3.8) is 0 Å². The van der Waals surface area contributed by atoms with E-state index in [4.69, 9.17) is 4.98 Å². The van der Waals surface area contributed by atoms with Crippen molar-refractivity contribution in [2.24, 2.45) is 12.0 Å². The molecule has 7 nitrogen and oxygen atoms in total. The first kappa shape index (κ1) is 16.0. The van der Waals surface area contributed by atoms with E-state index in [9.17, 15) is 0 Å². The van der Waals surface area contributed by atoms with Gasteiger partial charge in [-0.05, 0) is 35.4 Å². The van der Waals surface area contributed by atoms with E-state index in [1.807, 2.05) is 53.1 Å². The first-order valence-corrected chi connectivity index (χ1v) is 9.39. The molecule has 0 atom stereocenters. The van der Waals surface area contributed by atoms with Crippen LogP contribution in [0.4, 0.5) is 11.5 Å². The Morgan fingerprint density at radius 2 is 2.03 bits per heavy atom. The van der Waals surface area contributed by atoms with Gasteiger partial charge in [0.25, 0.3) is 0 Å². The average molecular weight is 379 g/mol. The van der Waals surface area contributed by atoms with Gasteiger partial charge in [0.2, 0.25) is 0 Å². The number of hydrogen-bond donors (Lipinski definition) is 1. The van der Waals surface area contributed by atoms with Crippen LogP contribution in [-0.4, -0.2) is 30.1 Å². The van der Waals surface area contributed by atoms with Crippen molar-refractivity contribution in [1.29, 1.82) is 0 Å². The Balaban J connectivity index is 1.45. The normalized spacial score (nSPS) is 12.7. The molecule has 0 spiro atoms. The van der Waals surface area contributed by atoms with Gasteiger partial charge in [-0.1, -0.05) is 12.1 Å². The fourth-order valence-electron chi connectivity index (χ4n) is 3.77. The fraction of sp³-hybridized carbons (Fsp3) is 0.0909. The zero-order valence-electron chi connectivity index (χ0n) is 15.7. The third kappa shape index (κ3) is 2.59. The van der Waals surface area contributed by atoms with Gasteiger partial charge >= 0.3 is 0 Å². The molecule has 0 saturated carbocycles. The fourth-order valence-corrected chi connectivity index (χ4v) is 3.77. The maximum Gasteiger partial charge on any atom is 0.180 e. The largest absolute Gasteiger partial charge is 0.337 e. The number of anilines is 2. The van der Waals surface area contributed by atoms with Crippen molar-refractivity contribution in [2.45, 2.75) is 6.54 Å². The predicted molar refractivity (Wildman–Crippen MR) is 114 cm³/mol. The molecule has 3 aromatic heterocycles. The summed E-state index contributed by atoms with van der Waals surface area (Å²) in [5.41, 5.74) is 8.10. The van der Waals surface area contributed by atoms with Gasteiger partial charge in [-0.15, -0.1) is 0 Å². The number of aromatic nitrogens is 5. The Morgan fingerprint density at radius 1 is 1.07 bits per heavy atom. The van der Waals surface area contributed by atoms with Crippen LogP contribution >= 0.6 is 0 Å². The van der Waals surface area contributed by atoms with Crippen LogP contribution in [-0.2, 0) is 13.6 Å². The Kier molecular flexibility index (Phi) is 3.31. The van der Waals surface area contributed by atoms with E-state index in [1.54, 1.807) is 6.20 Å². The molecule has 2 aromatic carbocycles. The Morgan fingerprint density at radius 3 is 3.00 bits per heavy atom. The second-order valence-electron chi connectivity index (χ2n) is 7.20. The van der Waals surface area contributed by atoms with Gasteiger partial charge in [-0.3, -0.25) is 4.99 Å². The maximum absolute atomic E-state index is 4.90. The second-order valence-corrected chi connectivity index (χ2v) is 7.20. The monoisotopic (exact) mass is 379 g/mol. The average Bonchev–Trinajstić information content (AvgIpc) is 3.47. The Bertz CT molecular complexity index is 1420. The SMILES string of the molecule is Cn1cnc2ccc(Nc3nc(-c4ccc5c(c4)CN=C5)cn4ccnc34)cc21. The molecular formula is C22H17N7. The Hall–Kier alpha value is -4.00. The second kappa shape index (κ2) is 6.00. The molecule has 0 bridgehead atoms. The molecule has 140 valence electrons. The summed E-state index contributed by atoms with van der Waals surface area (Å²) < 4.78 is 4.00. The third-order valence-corrected chi connectivity index (χ3v) is 5.29. The van der Waals surface area contributed by atoms with Gasteiger partial charge in [-0.25, -0.2) is 15.0 Å². The zero-order valence-corrected chi connectivity index (χ0v) is 15.7. The first-order valence-electron chi connectivity index (χ1n) is 9.39. The lowest BCUT2D eigenvalue weighted by atomic mass is 10.0. The summed E-state index contributed by atoms with van der Waals surface area (Å²) in [5, 5.41) is 3.44. The summed E-state index contributed by atoms with van der Waals surface area (Å²) in [6.07, 6.45) is 9.47. The number of fused-ring (bicyclic) bond motifs is 3. The molecular weight excluding hydrogens is 362 g/mol. The van der Waals surface area contributed by atoms with Crippen molar-refractivity contribution < 1.29 is 0 Å². The van der Waals surface area contributed by atoms with Crippen LogP contribution < -0.4 is 5.32 Å². The predicted octanol–water partition coefficient (Wildman–Crippen LogP) is 3.96. The lowest BCUT2D eigenvalue weighted by Crippen LogP contribution is -2.01. The molecule has 0 saturated heterocycles. The van der Waals surface area contributed by atoms with Crippen LogP contribution in [0.25, 0.3) is 27.9 Å². The van der Waals surface area contributed by atoms with Crippen LogP contribution in [0.15, 0.2) is 66.3 Å². The minimum absolute atomic E-state index is 0.714. The van der Waals surface area contributed by atoms with E-state index in [0.29, 0.717) is 5.82 Å². The minimum atomic E-state index is 0.714. The van der Waals surface area contributed by atoms with Crippen molar-refractivity contribution in [3.05, 3.63) is 72.4 Å². The molecule has 29 heavy (non-hydrogen) atoms. The number of rotatable bonds is 3. The van der Waals surface area contributed by atoms with Gasteiger partial charge in [0.05, 0.1) is 29.6 Å². The van der Waals surface area contributed by atoms with Crippen LogP contribution in [0.5, 0.6) is 0 Å². The minimum Gasteiger partial charge on any atom is -0.337 e. The van der Waals surface area contributed by atoms with Crippen LogP contribution in [0, 0.1) is 0 Å². The van der Waals surface area contributed by atoms with Crippen LogP contribution in [0.1, 0.15) is 11.1 Å². The molecule has 0 radical (unpaired) electrons. The van der Waals surface area contributed by atoms with Crippen molar-refractivity contribution >= 4 is 34.4 Å². The lowest BCUT2D eigenvalue weighted by Gasteiger charge is -2.11. The topological polar surface area (TPSA) is 72.4 Å². The molecule has 1 aliphatic rings. The van der Waals surface area contributed by atoms with E-state index in [0.717, 1.165) is 40.2 Å². The summed E-state index contributed by atoms with van der Waals surface area (Å²) in [4.78, 5) is 18.1. The molecule has 0 unspecified atom stereocenters. The van der Waals surface area contributed by atoms with Crippen LogP contribution in [0.2, 0.25) is 0 Å².